The topological polar surface area (TPSA) is 55.6 Å². The molecule has 1 atom stereocenters. The number of amides is 1. The monoisotopic (exact) mass is 290 g/mol. The van der Waals surface area contributed by atoms with E-state index >= 15 is 0 Å². The summed E-state index contributed by atoms with van der Waals surface area (Å²) in [5.74, 6) is 0.817. The molecule has 1 aliphatic heterocycles. The Morgan fingerprint density at radius 1 is 1.38 bits per heavy atom. The highest BCUT2D eigenvalue weighted by atomic mass is 16.5. The summed E-state index contributed by atoms with van der Waals surface area (Å²) in [4.78, 5) is 14.4. The van der Waals surface area contributed by atoms with E-state index in [0.29, 0.717) is 12.6 Å². The predicted molar refractivity (Wildman–Crippen MR) is 84.1 cm³/mol. The summed E-state index contributed by atoms with van der Waals surface area (Å²) >= 11 is 0. The molecular formula is C17H26N2O2. The Kier molecular flexibility index (Phi) is 6.05. The highest BCUT2D eigenvalue weighted by Gasteiger charge is 2.26. The van der Waals surface area contributed by atoms with Gasteiger partial charge in [0.25, 0.3) is 5.91 Å². The second kappa shape index (κ2) is 8.03. The van der Waals surface area contributed by atoms with Crippen LogP contribution in [0.2, 0.25) is 0 Å². The van der Waals surface area contributed by atoms with E-state index in [9.17, 15) is 4.79 Å². The minimum Gasteiger partial charge on any atom is -0.483 e. The van der Waals surface area contributed by atoms with E-state index in [1.54, 1.807) is 0 Å². The Labute approximate surface area is 127 Å². The maximum atomic E-state index is 12.4. The van der Waals surface area contributed by atoms with Crippen LogP contribution in [0.5, 0.6) is 5.75 Å². The summed E-state index contributed by atoms with van der Waals surface area (Å²) in [6.45, 7) is 3.57. The molecule has 1 heterocycles. The van der Waals surface area contributed by atoms with Crippen LogP contribution in [0.15, 0.2) is 24.3 Å². The molecule has 1 aromatic rings. The molecule has 1 saturated heterocycles. The smallest absolute Gasteiger partial charge is 0.260 e. The Balaban J connectivity index is 1.94. The van der Waals surface area contributed by atoms with Crippen LogP contribution in [0.4, 0.5) is 0 Å². The summed E-state index contributed by atoms with van der Waals surface area (Å²) < 4.78 is 5.70. The lowest BCUT2D eigenvalue weighted by Crippen LogP contribution is -2.45. The maximum Gasteiger partial charge on any atom is 0.260 e. The summed E-state index contributed by atoms with van der Waals surface area (Å²) in [5.41, 5.74) is 6.63. The largest absolute Gasteiger partial charge is 0.483 e. The molecule has 4 heteroatoms. The predicted octanol–water partition coefficient (Wildman–Crippen LogP) is 2.71. The third-order valence-corrected chi connectivity index (χ3v) is 4.11. The molecule has 0 aromatic heterocycles. The number of nitrogens with zero attached hydrogens (tertiary/aromatic N) is 1. The number of nitrogens with two attached hydrogens (primary N) is 1. The van der Waals surface area contributed by atoms with E-state index in [4.69, 9.17) is 10.5 Å². The number of benzene rings is 1. The van der Waals surface area contributed by atoms with Crippen LogP contribution in [-0.2, 0) is 11.3 Å². The molecule has 0 bridgehead atoms. The Morgan fingerprint density at radius 2 is 2.19 bits per heavy atom. The first-order valence-corrected chi connectivity index (χ1v) is 7.96. The van der Waals surface area contributed by atoms with Crippen molar-refractivity contribution in [2.24, 2.45) is 5.73 Å². The van der Waals surface area contributed by atoms with Crippen LogP contribution in [-0.4, -0.2) is 30.0 Å². The number of likely N-dealkylation sites (tertiary alicyclic amines) is 1. The van der Waals surface area contributed by atoms with Gasteiger partial charge in [0.15, 0.2) is 6.61 Å². The van der Waals surface area contributed by atoms with Gasteiger partial charge < -0.3 is 15.4 Å². The number of piperidine rings is 1. The van der Waals surface area contributed by atoms with Crippen LogP contribution >= 0.6 is 0 Å². The zero-order valence-electron chi connectivity index (χ0n) is 12.9. The van der Waals surface area contributed by atoms with E-state index in [0.717, 1.165) is 43.5 Å². The van der Waals surface area contributed by atoms with E-state index in [2.05, 4.69) is 6.92 Å². The summed E-state index contributed by atoms with van der Waals surface area (Å²) in [7, 11) is 0. The standard InChI is InChI=1S/C17H26N2O2/c1-2-7-15-9-5-6-11-19(15)17(20)13-21-16-10-4-3-8-14(16)12-18/h3-4,8,10,15H,2,5-7,9,11-13,18H2,1H3. The van der Waals surface area contributed by atoms with Crippen molar-refractivity contribution in [1.82, 2.24) is 4.90 Å². The molecule has 1 aromatic carbocycles. The van der Waals surface area contributed by atoms with Gasteiger partial charge in [0.05, 0.1) is 0 Å². The van der Waals surface area contributed by atoms with Crippen molar-refractivity contribution in [2.45, 2.75) is 51.6 Å². The van der Waals surface area contributed by atoms with Gasteiger partial charge in [-0.05, 0) is 31.7 Å². The van der Waals surface area contributed by atoms with Gasteiger partial charge in [-0.3, -0.25) is 4.79 Å². The molecular weight excluding hydrogens is 264 g/mol. The third kappa shape index (κ3) is 4.21. The van der Waals surface area contributed by atoms with Crippen molar-refractivity contribution in [2.75, 3.05) is 13.2 Å². The molecule has 21 heavy (non-hydrogen) atoms. The molecule has 0 saturated carbocycles. The number of ether oxygens (including phenoxy) is 1. The average molecular weight is 290 g/mol. The molecule has 1 aliphatic rings. The van der Waals surface area contributed by atoms with Crippen molar-refractivity contribution in [3.8, 4) is 5.75 Å². The SMILES string of the molecule is CCCC1CCCCN1C(=O)COc1ccccc1CN. The molecule has 0 radical (unpaired) electrons. The lowest BCUT2D eigenvalue weighted by molar-refractivity contribution is -0.137. The average Bonchev–Trinajstić information content (AvgIpc) is 2.53. The molecule has 1 amide bonds. The van der Waals surface area contributed by atoms with Crippen molar-refractivity contribution >= 4 is 5.91 Å². The van der Waals surface area contributed by atoms with Gasteiger partial charge in [-0.15, -0.1) is 0 Å². The molecule has 0 spiro atoms. The fraction of sp³-hybridized carbons (Fsp3) is 0.588. The van der Waals surface area contributed by atoms with Crippen LogP contribution in [0.1, 0.15) is 44.6 Å². The summed E-state index contributed by atoms with van der Waals surface area (Å²) in [5, 5.41) is 0. The van der Waals surface area contributed by atoms with E-state index in [1.165, 1.54) is 6.42 Å². The second-order valence-electron chi connectivity index (χ2n) is 5.63. The van der Waals surface area contributed by atoms with Crippen molar-refractivity contribution < 1.29 is 9.53 Å². The van der Waals surface area contributed by atoms with Crippen molar-refractivity contribution in [1.29, 1.82) is 0 Å². The van der Waals surface area contributed by atoms with Gasteiger partial charge in [0.2, 0.25) is 0 Å². The number of carbonyl (C=O) groups is 1. The normalized spacial score (nSPS) is 18.6. The Bertz CT molecular complexity index is 460. The van der Waals surface area contributed by atoms with E-state index in [-0.39, 0.29) is 12.5 Å². The number of para-hydroxylation sites is 1. The molecule has 1 fully saturated rings. The first kappa shape index (κ1) is 15.8. The quantitative estimate of drug-likeness (QED) is 0.876. The first-order chi connectivity index (χ1) is 10.3. The molecule has 4 nitrogen and oxygen atoms in total. The van der Waals surface area contributed by atoms with Gasteiger partial charge >= 0.3 is 0 Å². The second-order valence-corrected chi connectivity index (χ2v) is 5.63. The first-order valence-electron chi connectivity index (χ1n) is 7.96. The van der Waals surface area contributed by atoms with E-state index < -0.39 is 0 Å². The molecule has 2 rings (SSSR count). The minimum absolute atomic E-state index is 0.0972. The lowest BCUT2D eigenvalue weighted by Gasteiger charge is -2.35. The fourth-order valence-corrected chi connectivity index (χ4v) is 3.00. The molecule has 0 aliphatic carbocycles. The highest BCUT2D eigenvalue weighted by molar-refractivity contribution is 5.78. The molecule has 1 unspecified atom stereocenters. The minimum atomic E-state index is 0.0972. The molecule has 116 valence electrons. The summed E-state index contributed by atoms with van der Waals surface area (Å²) in [6.07, 6.45) is 5.66. The van der Waals surface area contributed by atoms with Gasteiger partial charge in [-0.25, -0.2) is 0 Å². The number of hydrogen-bond acceptors (Lipinski definition) is 3. The van der Waals surface area contributed by atoms with Gasteiger partial charge in [0.1, 0.15) is 5.75 Å². The van der Waals surface area contributed by atoms with Crippen LogP contribution in [0.25, 0.3) is 0 Å². The maximum absolute atomic E-state index is 12.4. The van der Waals surface area contributed by atoms with Crippen molar-refractivity contribution in [3.63, 3.8) is 0 Å². The van der Waals surface area contributed by atoms with Crippen LogP contribution < -0.4 is 10.5 Å². The zero-order valence-corrected chi connectivity index (χ0v) is 12.9. The highest BCUT2D eigenvalue weighted by Crippen LogP contribution is 2.22. The Hall–Kier alpha value is -1.55. The number of hydrogen-bond donors (Lipinski definition) is 1. The van der Waals surface area contributed by atoms with Crippen LogP contribution in [0, 0.1) is 0 Å². The fourth-order valence-electron chi connectivity index (χ4n) is 3.00. The van der Waals surface area contributed by atoms with E-state index in [1.807, 2.05) is 29.2 Å². The van der Waals surface area contributed by atoms with Crippen LogP contribution in [0.3, 0.4) is 0 Å². The van der Waals surface area contributed by atoms with Gasteiger partial charge in [0, 0.05) is 24.7 Å². The lowest BCUT2D eigenvalue weighted by atomic mass is 9.98. The summed E-state index contributed by atoms with van der Waals surface area (Å²) in [6, 6.07) is 8.03. The zero-order chi connectivity index (χ0) is 15.1. The van der Waals surface area contributed by atoms with Crippen molar-refractivity contribution in [3.05, 3.63) is 29.8 Å². The third-order valence-electron chi connectivity index (χ3n) is 4.11. The number of rotatable bonds is 6. The van der Waals surface area contributed by atoms with Gasteiger partial charge in [-0.2, -0.15) is 0 Å². The van der Waals surface area contributed by atoms with Gasteiger partial charge in [-0.1, -0.05) is 31.5 Å². The Morgan fingerprint density at radius 3 is 2.95 bits per heavy atom. The molecule has 2 N–H and O–H groups in total. The number of carbonyl (C=O) groups excluding carboxylic acids is 1.